The summed E-state index contributed by atoms with van der Waals surface area (Å²) in [5, 5.41) is 12.2. The number of thiazole rings is 1. The van der Waals surface area contributed by atoms with E-state index in [1.54, 1.807) is 23.5 Å². The van der Waals surface area contributed by atoms with Gasteiger partial charge in [-0.3, -0.25) is 24.5 Å². The van der Waals surface area contributed by atoms with Gasteiger partial charge in [-0.05, 0) is 60.5 Å². The second-order valence-electron chi connectivity index (χ2n) is 10.1. The Morgan fingerprint density at radius 2 is 1.76 bits per heavy atom. The van der Waals surface area contributed by atoms with Crippen molar-refractivity contribution >= 4 is 50.6 Å². The van der Waals surface area contributed by atoms with Gasteiger partial charge in [0.15, 0.2) is 0 Å². The number of nitrogens with zero attached hydrogens (tertiary/aromatic N) is 4. The number of amides is 3. The molecule has 4 aromatic carbocycles. The predicted octanol–water partition coefficient (Wildman–Crippen LogP) is 6.15. The first-order valence-electron chi connectivity index (χ1n) is 13.2. The highest BCUT2D eigenvalue weighted by atomic mass is 32.1. The highest BCUT2D eigenvalue weighted by molar-refractivity contribution is 7.21. The number of aromatic nitrogens is 1. The number of imide groups is 1. The zero-order valence-corrected chi connectivity index (χ0v) is 23.3. The van der Waals surface area contributed by atoms with Gasteiger partial charge in [-0.2, -0.15) is 0 Å². The van der Waals surface area contributed by atoms with Gasteiger partial charge in [0.1, 0.15) is 11.0 Å². The molecule has 0 spiro atoms. The van der Waals surface area contributed by atoms with E-state index in [9.17, 15) is 24.5 Å². The van der Waals surface area contributed by atoms with Crippen LogP contribution in [0.25, 0.3) is 20.8 Å². The fourth-order valence-corrected chi connectivity index (χ4v) is 6.13. The van der Waals surface area contributed by atoms with Crippen molar-refractivity contribution in [3.63, 3.8) is 0 Å². The minimum Gasteiger partial charge on any atom is -0.322 e. The zero-order chi connectivity index (χ0) is 29.4. The van der Waals surface area contributed by atoms with Gasteiger partial charge in [0.05, 0.1) is 27.2 Å². The lowest BCUT2D eigenvalue weighted by Crippen LogP contribution is -2.45. The van der Waals surface area contributed by atoms with E-state index in [0.717, 1.165) is 36.8 Å². The molecule has 3 amide bonds. The number of hydrogen-bond donors (Lipinski definition) is 0. The minimum atomic E-state index is -1.07. The number of fused-ring (bicyclic) bond motifs is 1. The number of non-ortho nitro benzene ring substituents is 1. The predicted molar refractivity (Wildman–Crippen MR) is 160 cm³/mol. The molecule has 0 radical (unpaired) electrons. The third kappa shape index (κ3) is 5.15. The molecule has 0 saturated carbocycles. The van der Waals surface area contributed by atoms with Crippen LogP contribution in [-0.2, 0) is 16.1 Å². The Morgan fingerprint density at radius 1 is 1.00 bits per heavy atom. The van der Waals surface area contributed by atoms with Crippen LogP contribution in [0.3, 0.4) is 0 Å². The third-order valence-corrected chi connectivity index (χ3v) is 8.24. The van der Waals surface area contributed by atoms with Gasteiger partial charge in [-0.1, -0.05) is 42.5 Å². The highest BCUT2D eigenvalue weighted by Crippen LogP contribution is 2.33. The molecule has 6 rings (SSSR count). The van der Waals surface area contributed by atoms with Crippen LogP contribution in [0.5, 0.6) is 0 Å². The maximum atomic E-state index is 13.8. The van der Waals surface area contributed by atoms with Crippen LogP contribution >= 0.6 is 11.3 Å². The summed E-state index contributed by atoms with van der Waals surface area (Å²) in [7, 11) is 0. The Balaban J connectivity index is 1.29. The molecule has 1 aliphatic heterocycles. The maximum absolute atomic E-state index is 13.8. The second kappa shape index (κ2) is 11.0. The lowest BCUT2D eigenvalue weighted by molar-refractivity contribution is -0.384. The third-order valence-electron chi connectivity index (χ3n) is 7.18. The molecule has 10 heteroatoms. The first kappa shape index (κ1) is 27.0. The molecule has 0 bridgehead atoms. The summed E-state index contributed by atoms with van der Waals surface area (Å²) >= 11 is 1.57. The van der Waals surface area contributed by atoms with Crippen molar-refractivity contribution in [3.8, 4) is 10.6 Å². The number of hydrogen-bond acceptors (Lipinski definition) is 7. The Bertz CT molecular complexity index is 1850. The smallest absolute Gasteiger partial charge is 0.270 e. The Kier molecular flexibility index (Phi) is 7.05. The van der Waals surface area contributed by atoms with Gasteiger partial charge >= 0.3 is 0 Å². The summed E-state index contributed by atoms with van der Waals surface area (Å²) < 4.78 is 1.08. The molecule has 208 valence electrons. The largest absolute Gasteiger partial charge is 0.322 e. The number of nitro benzene ring substituents is 1. The van der Waals surface area contributed by atoms with Crippen molar-refractivity contribution in [2.45, 2.75) is 25.9 Å². The van der Waals surface area contributed by atoms with Crippen molar-refractivity contribution in [2.75, 3.05) is 4.90 Å². The van der Waals surface area contributed by atoms with Crippen LogP contribution in [0.2, 0.25) is 0 Å². The van der Waals surface area contributed by atoms with Crippen LogP contribution in [-0.4, -0.2) is 38.6 Å². The molecule has 0 N–H and O–H groups in total. The van der Waals surface area contributed by atoms with Crippen LogP contribution < -0.4 is 4.90 Å². The molecule has 1 fully saturated rings. The van der Waals surface area contributed by atoms with Crippen molar-refractivity contribution in [1.82, 2.24) is 9.88 Å². The van der Waals surface area contributed by atoms with Crippen LogP contribution in [0, 0.1) is 17.0 Å². The molecular formula is C32H24N4O5S. The first-order chi connectivity index (χ1) is 20.3. The van der Waals surface area contributed by atoms with Gasteiger partial charge < -0.3 is 4.90 Å². The average Bonchev–Trinajstić information content (AvgIpc) is 3.55. The number of carbonyl (C=O) groups excluding carboxylic acids is 3. The molecule has 5 aromatic rings. The van der Waals surface area contributed by atoms with Crippen LogP contribution in [0.1, 0.15) is 27.9 Å². The summed E-state index contributed by atoms with van der Waals surface area (Å²) in [4.78, 5) is 58.6. The van der Waals surface area contributed by atoms with Gasteiger partial charge in [0.25, 0.3) is 17.5 Å². The molecule has 2 heterocycles. The average molecular weight is 577 g/mol. The van der Waals surface area contributed by atoms with Gasteiger partial charge in [-0.15, -0.1) is 11.3 Å². The molecular weight excluding hydrogens is 552 g/mol. The molecule has 42 heavy (non-hydrogen) atoms. The number of aryl methyl sites for hydroxylation is 1. The number of nitro groups is 1. The SMILES string of the molecule is Cc1ccc2nc(-c3ccc(N4C(=O)CC(N(Cc5ccccc5)C(=O)c5cccc([N+](=O)[O-])c5)C4=O)cc3)sc2c1. The lowest BCUT2D eigenvalue weighted by atomic mass is 10.1. The molecule has 1 unspecified atom stereocenters. The number of anilines is 1. The molecule has 0 aliphatic carbocycles. The highest BCUT2D eigenvalue weighted by Gasteiger charge is 2.44. The fourth-order valence-electron chi connectivity index (χ4n) is 5.06. The number of benzene rings is 4. The first-order valence-corrected chi connectivity index (χ1v) is 14.0. The minimum absolute atomic E-state index is 0.0515. The second-order valence-corrected chi connectivity index (χ2v) is 11.1. The molecule has 1 aliphatic rings. The van der Waals surface area contributed by atoms with E-state index in [0.29, 0.717) is 5.69 Å². The Labute approximate surface area is 244 Å². The van der Waals surface area contributed by atoms with E-state index in [4.69, 9.17) is 4.98 Å². The van der Waals surface area contributed by atoms with Crippen molar-refractivity contribution in [1.29, 1.82) is 0 Å². The van der Waals surface area contributed by atoms with E-state index in [1.807, 2.05) is 61.5 Å². The van der Waals surface area contributed by atoms with Crippen molar-refractivity contribution in [3.05, 3.63) is 124 Å². The summed E-state index contributed by atoms with van der Waals surface area (Å²) in [6, 6.07) is 26.5. The normalized spacial score (nSPS) is 14.9. The number of carbonyl (C=O) groups is 3. The lowest BCUT2D eigenvalue weighted by Gasteiger charge is -2.28. The van der Waals surface area contributed by atoms with E-state index < -0.39 is 28.7 Å². The maximum Gasteiger partial charge on any atom is 0.270 e. The molecule has 1 aromatic heterocycles. The van der Waals surface area contributed by atoms with Crippen LogP contribution in [0.15, 0.2) is 97.1 Å². The van der Waals surface area contributed by atoms with E-state index >= 15 is 0 Å². The molecule has 9 nitrogen and oxygen atoms in total. The summed E-state index contributed by atoms with van der Waals surface area (Å²) in [5.41, 5.74) is 3.90. The standard InChI is InChI=1S/C32H24N4O5S/c1-20-10-15-26-28(16-20)42-30(33-26)22-11-13-24(14-12-22)35-29(37)18-27(32(35)39)34(19-21-6-3-2-4-7-21)31(38)23-8-5-9-25(17-23)36(40)41/h2-17,27H,18-19H2,1H3. The fraction of sp³-hybridized carbons (Fsp3) is 0.125. The molecule has 1 saturated heterocycles. The van der Waals surface area contributed by atoms with Gasteiger partial charge in [-0.25, -0.2) is 9.88 Å². The summed E-state index contributed by atoms with van der Waals surface area (Å²) in [6.07, 6.45) is -0.203. The van der Waals surface area contributed by atoms with Crippen molar-refractivity contribution < 1.29 is 19.3 Å². The summed E-state index contributed by atoms with van der Waals surface area (Å²) in [6.45, 7) is 2.08. The van der Waals surface area contributed by atoms with Crippen molar-refractivity contribution in [2.24, 2.45) is 0 Å². The van der Waals surface area contributed by atoms with E-state index in [1.165, 1.54) is 29.2 Å². The Morgan fingerprint density at radius 3 is 2.50 bits per heavy atom. The zero-order valence-electron chi connectivity index (χ0n) is 22.5. The van der Waals surface area contributed by atoms with Crippen LogP contribution in [0.4, 0.5) is 11.4 Å². The van der Waals surface area contributed by atoms with Gasteiger partial charge in [0.2, 0.25) is 5.91 Å². The number of rotatable bonds is 7. The van der Waals surface area contributed by atoms with E-state index in [-0.39, 0.29) is 24.2 Å². The van der Waals surface area contributed by atoms with E-state index in [2.05, 4.69) is 6.07 Å². The topological polar surface area (TPSA) is 114 Å². The molecule has 1 atom stereocenters. The Hall–Kier alpha value is -5.22. The van der Waals surface area contributed by atoms with Gasteiger partial charge in [0, 0.05) is 29.8 Å². The quantitative estimate of drug-likeness (QED) is 0.130. The summed E-state index contributed by atoms with van der Waals surface area (Å²) in [5.74, 6) is -1.53. The monoisotopic (exact) mass is 576 g/mol.